The van der Waals surface area contributed by atoms with E-state index < -0.39 is 0 Å². The summed E-state index contributed by atoms with van der Waals surface area (Å²) in [5.41, 5.74) is 2.31. The lowest BCUT2D eigenvalue weighted by Gasteiger charge is -2.07. The summed E-state index contributed by atoms with van der Waals surface area (Å²) in [5.74, 6) is -0.369. The average Bonchev–Trinajstić information content (AvgIpc) is 2.49. The van der Waals surface area contributed by atoms with Crippen LogP contribution in [-0.2, 0) is 17.6 Å². The highest BCUT2D eigenvalue weighted by Gasteiger charge is 2.11. The van der Waals surface area contributed by atoms with Crippen molar-refractivity contribution in [3.63, 3.8) is 0 Å². The third-order valence-corrected chi connectivity index (χ3v) is 2.97. The van der Waals surface area contributed by atoms with Crippen LogP contribution in [0.15, 0.2) is 54.6 Å². The Kier molecular flexibility index (Phi) is 4.91. The summed E-state index contributed by atoms with van der Waals surface area (Å²) in [6.45, 7) is 0.337. The van der Waals surface area contributed by atoms with E-state index in [1.165, 1.54) is 0 Å². The molecule has 0 spiro atoms. The van der Waals surface area contributed by atoms with E-state index in [2.05, 4.69) is 6.07 Å². The van der Waals surface area contributed by atoms with Crippen LogP contribution in [0.25, 0.3) is 0 Å². The highest BCUT2D eigenvalue weighted by Crippen LogP contribution is 2.11. The molecular formula is C17H15NO2. The van der Waals surface area contributed by atoms with Crippen LogP contribution in [0.3, 0.4) is 0 Å². The van der Waals surface area contributed by atoms with Gasteiger partial charge in [-0.3, -0.25) is 0 Å². The zero-order chi connectivity index (χ0) is 14.2. The Hall–Kier alpha value is -2.60. The molecule has 3 heteroatoms. The third-order valence-electron chi connectivity index (χ3n) is 2.97. The second-order valence-electron chi connectivity index (χ2n) is 4.36. The molecule has 0 bridgehead atoms. The van der Waals surface area contributed by atoms with Gasteiger partial charge in [-0.05, 0) is 17.2 Å². The Bertz CT molecular complexity index is 614. The summed E-state index contributed by atoms with van der Waals surface area (Å²) < 4.78 is 5.27. The van der Waals surface area contributed by atoms with Crippen molar-refractivity contribution in [2.45, 2.75) is 12.8 Å². The molecule has 0 aliphatic carbocycles. The molecule has 0 saturated carbocycles. The van der Waals surface area contributed by atoms with E-state index in [0.717, 1.165) is 5.56 Å². The number of nitrogens with zero attached hydrogens (tertiary/aromatic N) is 1. The smallest absolute Gasteiger partial charge is 0.338 e. The Morgan fingerprint density at radius 3 is 2.50 bits per heavy atom. The van der Waals surface area contributed by atoms with E-state index in [1.54, 1.807) is 18.2 Å². The molecule has 2 aromatic carbocycles. The lowest BCUT2D eigenvalue weighted by Crippen LogP contribution is -2.10. The van der Waals surface area contributed by atoms with Gasteiger partial charge in [0.15, 0.2) is 0 Å². The molecule has 0 radical (unpaired) electrons. The molecule has 0 aliphatic rings. The zero-order valence-corrected chi connectivity index (χ0v) is 11.1. The van der Waals surface area contributed by atoms with Crippen LogP contribution in [-0.4, -0.2) is 12.6 Å². The molecular weight excluding hydrogens is 250 g/mol. The van der Waals surface area contributed by atoms with Gasteiger partial charge in [-0.15, -0.1) is 0 Å². The summed E-state index contributed by atoms with van der Waals surface area (Å²) >= 11 is 0. The fourth-order valence-corrected chi connectivity index (χ4v) is 1.94. The van der Waals surface area contributed by atoms with E-state index >= 15 is 0 Å². The first-order chi connectivity index (χ1) is 9.81. The van der Waals surface area contributed by atoms with Crippen LogP contribution in [0.4, 0.5) is 0 Å². The Labute approximate surface area is 118 Å². The van der Waals surface area contributed by atoms with Crippen LogP contribution < -0.4 is 0 Å². The van der Waals surface area contributed by atoms with Gasteiger partial charge in [0.1, 0.15) is 0 Å². The van der Waals surface area contributed by atoms with Crippen molar-refractivity contribution >= 4 is 5.97 Å². The maximum atomic E-state index is 12.0. The Morgan fingerprint density at radius 1 is 1.05 bits per heavy atom. The number of hydrogen-bond donors (Lipinski definition) is 0. The van der Waals surface area contributed by atoms with Gasteiger partial charge in [-0.1, -0.05) is 48.5 Å². The van der Waals surface area contributed by atoms with Crippen LogP contribution in [0.2, 0.25) is 0 Å². The number of carbonyl (C=O) groups excluding carboxylic acids is 1. The predicted octanol–water partition coefficient (Wildman–Crippen LogP) is 3.15. The van der Waals surface area contributed by atoms with E-state index in [-0.39, 0.29) is 12.4 Å². The SMILES string of the molecule is N#CCc1ccccc1C(=O)OCCc1ccccc1. The predicted molar refractivity (Wildman–Crippen MR) is 76.2 cm³/mol. The summed E-state index contributed by atoms with van der Waals surface area (Å²) in [6, 6.07) is 19.0. The zero-order valence-electron chi connectivity index (χ0n) is 11.1. The quantitative estimate of drug-likeness (QED) is 0.780. The van der Waals surface area contributed by atoms with Crippen LogP contribution >= 0.6 is 0 Å². The standard InChI is InChI=1S/C17H15NO2/c18-12-10-15-8-4-5-9-16(15)17(19)20-13-11-14-6-2-1-3-7-14/h1-9H,10-11,13H2. The van der Waals surface area contributed by atoms with Gasteiger partial charge in [0.25, 0.3) is 0 Å². The van der Waals surface area contributed by atoms with Crippen molar-refractivity contribution in [1.29, 1.82) is 5.26 Å². The molecule has 2 aromatic rings. The lowest BCUT2D eigenvalue weighted by molar-refractivity contribution is 0.0508. The first-order valence-corrected chi connectivity index (χ1v) is 6.47. The van der Waals surface area contributed by atoms with Crippen molar-refractivity contribution in [2.75, 3.05) is 6.61 Å². The highest BCUT2D eigenvalue weighted by molar-refractivity contribution is 5.91. The van der Waals surface area contributed by atoms with Crippen molar-refractivity contribution in [1.82, 2.24) is 0 Å². The molecule has 0 heterocycles. The summed E-state index contributed by atoms with van der Waals surface area (Å²) in [5, 5.41) is 8.75. The average molecular weight is 265 g/mol. The first-order valence-electron chi connectivity index (χ1n) is 6.47. The fraction of sp³-hybridized carbons (Fsp3) is 0.176. The van der Waals surface area contributed by atoms with Crippen molar-refractivity contribution in [3.05, 3.63) is 71.3 Å². The molecule has 0 amide bonds. The minimum atomic E-state index is -0.369. The Morgan fingerprint density at radius 2 is 1.75 bits per heavy atom. The molecule has 0 fully saturated rings. The maximum Gasteiger partial charge on any atom is 0.338 e. The summed E-state index contributed by atoms with van der Waals surface area (Å²) in [6.07, 6.45) is 0.900. The summed E-state index contributed by atoms with van der Waals surface area (Å²) in [7, 11) is 0. The summed E-state index contributed by atoms with van der Waals surface area (Å²) in [4.78, 5) is 12.0. The normalized spacial score (nSPS) is 9.75. The monoisotopic (exact) mass is 265 g/mol. The Balaban J connectivity index is 1.94. The molecule has 0 aromatic heterocycles. The number of nitriles is 1. The molecule has 0 aliphatic heterocycles. The van der Waals surface area contributed by atoms with Gasteiger partial charge < -0.3 is 4.74 Å². The second kappa shape index (κ2) is 7.10. The van der Waals surface area contributed by atoms with Gasteiger partial charge in [0, 0.05) is 6.42 Å². The highest BCUT2D eigenvalue weighted by atomic mass is 16.5. The van der Waals surface area contributed by atoms with Gasteiger partial charge in [-0.25, -0.2) is 4.79 Å². The first kappa shape index (κ1) is 13.8. The van der Waals surface area contributed by atoms with Gasteiger partial charge in [-0.2, -0.15) is 5.26 Å². The second-order valence-corrected chi connectivity index (χ2v) is 4.36. The van der Waals surface area contributed by atoms with Gasteiger partial charge in [0.2, 0.25) is 0 Å². The molecule has 0 atom stereocenters. The van der Waals surface area contributed by atoms with Crippen molar-refractivity contribution in [3.8, 4) is 6.07 Å². The largest absolute Gasteiger partial charge is 0.462 e. The fourth-order valence-electron chi connectivity index (χ4n) is 1.94. The van der Waals surface area contributed by atoms with Crippen molar-refractivity contribution in [2.24, 2.45) is 0 Å². The van der Waals surface area contributed by atoms with Gasteiger partial charge in [0.05, 0.1) is 24.7 Å². The molecule has 20 heavy (non-hydrogen) atoms. The molecule has 0 saturated heterocycles. The number of benzene rings is 2. The lowest BCUT2D eigenvalue weighted by atomic mass is 10.1. The maximum absolute atomic E-state index is 12.0. The van der Waals surface area contributed by atoms with E-state index in [1.807, 2.05) is 36.4 Å². The third kappa shape index (κ3) is 3.69. The van der Waals surface area contributed by atoms with E-state index in [9.17, 15) is 4.79 Å². The topological polar surface area (TPSA) is 50.1 Å². The number of rotatable bonds is 5. The van der Waals surface area contributed by atoms with Crippen molar-refractivity contribution < 1.29 is 9.53 Å². The van der Waals surface area contributed by atoms with Crippen LogP contribution in [0, 0.1) is 11.3 Å². The molecule has 0 N–H and O–H groups in total. The molecule has 100 valence electrons. The van der Waals surface area contributed by atoms with E-state index in [4.69, 9.17) is 10.00 Å². The molecule has 3 nitrogen and oxygen atoms in total. The number of hydrogen-bond acceptors (Lipinski definition) is 3. The van der Waals surface area contributed by atoms with Crippen LogP contribution in [0.5, 0.6) is 0 Å². The molecule has 2 rings (SSSR count). The molecule has 0 unspecified atom stereocenters. The minimum Gasteiger partial charge on any atom is -0.462 e. The van der Waals surface area contributed by atoms with Crippen LogP contribution in [0.1, 0.15) is 21.5 Å². The van der Waals surface area contributed by atoms with Gasteiger partial charge >= 0.3 is 5.97 Å². The minimum absolute atomic E-state index is 0.212. The van der Waals surface area contributed by atoms with E-state index in [0.29, 0.717) is 24.2 Å². The number of esters is 1. The number of ether oxygens (including phenoxy) is 1. The number of carbonyl (C=O) groups is 1.